The first kappa shape index (κ1) is 12.7. The van der Waals surface area contributed by atoms with Gasteiger partial charge in [-0.2, -0.15) is 0 Å². The van der Waals surface area contributed by atoms with Gasteiger partial charge in [-0.15, -0.1) is 0 Å². The van der Waals surface area contributed by atoms with Crippen LogP contribution < -0.4 is 10.5 Å². The van der Waals surface area contributed by atoms with Gasteiger partial charge in [0.25, 0.3) is 5.91 Å². The Labute approximate surface area is 94.5 Å². The Morgan fingerprint density at radius 3 is 2.44 bits per heavy atom. The molecule has 0 atom stereocenters. The standard InChI is InChI=1S/C9H15N3O3S/c1-6(2)11-16(14,15)7-4-8(9(10)13)12(3)5-7/h4-6,11H,1-3H3,(H2,10,13). The average molecular weight is 245 g/mol. The number of carbonyl (C=O) groups is 1. The molecule has 6 nitrogen and oxygen atoms in total. The fraction of sp³-hybridized carbons (Fsp3) is 0.444. The van der Waals surface area contributed by atoms with Crippen LogP contribution >= 0.6 is 0 Å². The SMILES string of the molecule is CC(C)NS(=O)(=O)c1cc(C(N)=O)n(C)c1. The minimum atomic E-state index is -3.57. The third kappa shape index (κ3) is 2.61. The lowest BCUT2D eigenvalue weighted by Gasteiger charge is -2.07. The highest BCUT2D eigenvalue weighted by Crippen LogP contribution is 2.13. The van der Waals surface area contributed by atoms with E-state index in [9.17, 15) is 13.2 Å². The van der Waals surface area contributed by atoms with Crippen molar-refractivity contribution >= 4 is 15.9 Å². The largest absolute Gasteiger partial charge is 0.364 e. The van der Waals surface area contributed by atoms with Gasteiger partial charge in [-0.1, -0.05) is 0 Å². The molecule has 0 fully saturated rings. The number of primary amides is 1. The molecule has 0 aliphatic rings. The molecule has 1 amide bonds. The summed E-state index contributed by atoms with van der Waals surface area (Å²) in [5, 5.41) is 0. The molecular weight excluding hydrogens is 230 g/mol. The van der Waals surface area contributed by atoms with E-state index >= 15 is 0 Å². The maximum atomic E-state index is 11.8. The van der Waals surface area contributed by atoms with E-state index in [1.54, 1.807) is 20.9 Å². The van der Waals surface area contributed by atoms with Crippen LogP contribution in [0, 0.1) is 0 Å². The van der Waals surface area contributed by atoms with Gasteiger partial charge < -0.3 is 10.3 Å². The highest BCUT2D eigenvalue weighted by Gasteiger charge is 2.19. The second-order valence-electron chi connectivity index (χ2n) is 3.81. The minimum absolute atomic E-state index is 0.0394. The van der Waals surface area contributed by atoms with Gasteiger partial charge in [0.1, 0.15) is 10.6 Å². The van der Waals surface area contributed by atoms with Gasteiger partial charge in [0.15, 0.2) is 0 Å². The van der Waals surface area contributed by atoms with E-state index in [1.165, 1.54) is 16.8 Å². The summed E-state index contributed by atoms with van der Waals surface area (Å²) in [5.41, 5.74) is 5.25. The number of nitrogens with two attached hydrogens (primary N) is 1. The number of nitrogens with zero attached hydrogens (tertiary/aromatic N) is 1. The average Bonchev–Trinajstić information content (AvgIpc) is 2.45. The number of carbonyl (C=O) groups excluding carboxylic acids is 1. The Morgan fingerprint density at radius 1 is 1.50 bits per heavy atom. The van der Waals surface area contributed by atoms with Gasteiger partial charge in [-0.05, 0) is 19.9 Å². The Balaban J connectivity index is 3.15. The summed E-state index contributed by atoms with van der Waals surface area (Å²) < 4.78 is 27.3. The highest BCUT2D eigenvalue weighted by atomic mass is 32.2. The van der Waals surface area contributed by atoms with Crippen LogP contribution in [0.1, 0.15) is 24.3 Å². The van der Waals surface area contributed by atoms with Crippen LogP contribution in [0.4, 0.5) is 0 Å². The van der Waals surface area contributed by atoms with Gasteiger partial charge >= 0.3 is 0 Å². The fourth-order valence-electron chi connectivity index (χ4n) is 1.30. The van der Waals surface area contributed by atoms with E-state index in [0.717, 1.165) is 0 Å². The second kappa shape index (κ2) is 4.26. The second-order valence-corrected chi connectivity index (χ2v) is 5.53. The van der Waals surface area contributed by atoms with Crippen LogP contribution in [0.3, 0.4) is 0 Å². The molecule has 16 heavy (non-hydrogen) atoms. The van der Waals surface area contributed by atoms with E-state index in [4.69, 9.17) is 5.73 Å². The van der Waals surface area contributed by atoms with Crippen LogP contribution in [0.15, 0.2) is 17.2 Å². The molecular formula is C9H15N3O3S. The molecule has 0 radical (unpaired) electrons. The fourth-order valence-corrected chi connectivity index (χ4v) is 2.62. The van der Waals surface area contributed by atoms with Gasteiger partial charge in [-0.3, -0.25) is 4.79 Å². The van der Waals surface area contributed by atoms with Crippen molar-refractivity contribution in [2.24, 2.45) is 12.8 Å². The van der Waals surface area contributed by atoms with Gasteiger partial charge in [-0.25, -0.2) is 13.1 Å². The van der Waals surface area contributed by atoms with Gasteiger partial charge in [0.05, 0.1) is 0 Å². The molecule has 0 spiro atoms. The third-order valence-electron chi connectivity index (χ3n) is 1.93. The summed E-state index contributed by atoms with van der Waals surface area (Å²) >= 11 is 0. The number of sulfonamides is 1. The molecule has 1 aromatic heterocycles. The number of hydrogen-bond donors (Lipinski definition) is 2. The molecule has 0 saturated heterocycles. The molecule has 0 unspecified atom stereocenters. The number of nitrogens with one attached hydrogen (secondary N) is 1. The monoisotopic (exact) mass is 245 g/mol. The Kier molecular flexibility index (Phi) is 3.39. The topological polar surface area (TPSA) is 94.2 Å². The van der Waals surface area contributed by atoms with Gasteiger partial charge in [0.2, 0.25) is 10.0 Å². The predicted molar refractivity (Wildman–Crippen MR) is 59.4 cm³/mol. The molecule has 0 aromatic carbocycles. The van der Waals surface area contributed by atoms with Crippen LogP contribution in [0.5, 0.6) is 0 Å². The molecule has 90 valence electrons. The predicted octanol–water partition coefficient (Wildman–Crippen LogP) is -0.189. The quantitative estimate of drug-likeness (QED) is 0.769. The number of amides is 1. The minimum Gasteiger partial charge on any atom is -0.364 e. The van der Waals surface area contributed by atoms with Crippen molar-refractivity contribution in [2.45, 2.75) is 24.8 Å². The zero-order chi connectivity index (χ0) is 12.5. The van der Waals surface area contributed by atoms with Crippen LogP contribution in [0.25, 0.3) is 0 Å². The molecule has 1 rings (SSSR count). The van der Waals surface area contributed by atoms with E-state index < -0.39 is 15.9 Å². The normalized spacial score (nSPS) is 12.0. The number of aromatic nitrogens is 1. The van der Waals surface area contributed by atoms with Crippen LogP contribution in [-0.2, 0) is 17.1 Å². The summed E-state index contributed by atoms with van der Waals surface area (Å²) in [4.78, 5) is 11.0. The first-order chi connectivity index (χ1) is 7.24. The first-order valence-corrected chi connectivity index (χ1v) is 6.21. The maximum Gasteiger partial charge on any atom is 0.265 e. The molecule has 1 aromatic rings. The zero-order valence-corrected chi connectivity index (χ0v) is 10.2. The molecule has 0 aliphatic heterocycles. The van der Waals surface area contributed by atoms with E-state index in [2.05, 4.69) is 4.72 Å². The van der Waals surface area contributed by atoms with Gasteiger partial charge in [0, 0.05) is 19.3 Å². The van der Waals surface area contributed by atoms with Crippen molar-refractivity contribution in [1.29, 1.82) is 0 Å². The smallest absolute Gasteiger partial charge is 0.265 e. The van der Waals surface area contributed by atoms with E-state index in [1.807, 2.05) is 0 Å². The zero-order valence-electron chi connectivity index (χ0n) is 9.39. The number of rotatable bonds is 4. The molecule has 0 bridgehead atoms. The summed E-state index contributed by atoms with van der Waals surface area (Å²) in [5.74, 6) is -0.659. The Bertz CT molecular complexity index is 502. The lowest BCUT2D eigenvalue weighted by atomic mass is 10.4. The summed E-state index contributed by atoms with van der Waals surface area (Å²) in [6.45, 7) is 3.44. The van der Waals surface area contributed by atoms with Crippen LogP contribution in [-0.4, -0.2) is 24.9 Å². The summed E-state index contributed by atoms with van der Waals surface area (Å²) in [6.07, 6.45) is 1.35. The van der Waals surface area contributed by atoms with Crippen molar-refractivity contribution < 1.29 is 13.2 Å². The lowest BCUT2D eigenvalue weighted by Crippen LogP contribution is -2.29. The van der Waals surface area contributed by atoms with Crippen molar-refractivity contribution in [3.63, 3.8) is 0 Å². The van der Waals surface area contributed by atoms with Crippen molar-refractivity contribution in [1.82, 2.24) is 9.29 Å². The third-order valence-corrected chi connectivity index (χ3v) is 3.56. The Hall–Kier alpha value is -1.34. The van der Waals surface area contributed by atoms with E-state index in [0.29, 0.717) is 0 Å². The molecule has 1 heterocycles. The van der Waals surface area contributed by atoms with Crippen molar-refractivity contribution in [3.05, 3.63) is 18.0 Å². The maximum absolute atomic E-state index is 11.8. The highest BCUT2D eigenvalue weighted by molar-refractivity contribution is 7.89. The first-order valence-electron chi connectivity index (χ1n) is 4.72. The molecule has 3 N–H and O–H groups in total. The van der Waals surface area contributed by atoms with Crippen molar-refractivity contribution in [2.75, 3.05) is 0 Å². The molecule has 0 saturated carbocycles. The van der Waals surface area contributed by atoms with Crippen LogP contribution in [0.2, 0.25) is 0 Å². The number of hydrogen-bond acceptors (Lipinski definition) is 3. The number of aryl methyl sites for hydroxylation is 1. The summed E-state index contributed by atoms with van der Waals surface area (Å²) in [7, 11) is -2.01. The van der Waals surface area contributed by atoms with E-state index in [-0.39, 0.29) is 16.6 Å². The Morgan fingerprint density at radius 2 is 2.06 bits per heavy atom. The molecule has 7 heteroatoms. The molecule has 0 aliphatic carbocycles. The van der Waals surface area contributed by atoms with Crippen molar-refractivity contribution in [3.8, 4) is 0 Å². The summed E-state index contributed by atoms with van der Waals surface area (Å²) in [6, 6.07) is 1.05. The lowest BCUT2D eigenvalue weighted by molar-refractivity contribution is 0.0992.